The van der Waals surface area contributed by atoms with E-state index in [1.165, 1.54) is 161 Å². The Kier molecular flexibility index (Phi) is 37.8. The third kappa shape index (κ3) is 34.8. The molecule has 286 valence electrons. The van der Waals surface area contributed by atoms with Crippen molar-refractivity contribution in [3.05, 3.63) is 0 Å². The minimum atomic E-state index is -0.358. The SMILES string of the molecule is CCCCCCCCCCCCCCC(=O)OC(CCCCCCCCCC)CC(CO)NC(=O)CCCCCCCCCCCCC. The van der Waals surface area contributed by atoms with Crippen LogP contribution in [-0.4, -0.2) is 35.7 Å². The third-order valence-electron chi connectivity index (χ3n) is 10.1. The molecule has 0 aliphatic rings. The lowest BCUT2D eigenvalue weighted by Crippen LogP contribution is -2.40. The van der Waals surface area contributed by atoms with Crippen LogP contribution >= 0.6 is 0 Å². The van der Waals surface area contributed by atoms with Crippen LogP contribution in [-0.2, 0) is 14.3 Å². The molecule has 0 rings (SSSR count). The van der Waals surface area contributed by atoms with Crippen LogP contribution in [0.5, 0.6) is 0 Å². The van der Waals surface area contributed by atoms with Crippen LogP contribution in [0.4, 0.5) is 0 Å². The van der Waals surface area contributed by atoms with E-state index in [9.17, 15) is 14.7 Å². The fraction of sp³-hybridized carbons (Fsp3) is 0.953. The zero-order valence-corrected chi connectivity index (χ0v) is 32.8. The Balaban J connectivity index is 4.38. The van der Waals surface area contributed by atoms with Crippen molar-refractivity contribution < 1.29 is 19.4 Å². The van der Waals surface area contributed by atoms with Gasteiger partial charge < -0.3 is 15.2 Å². The zero-order valence-electron chi connectivity index (χ0n) is 32.8. The molecule has 0 radical (unpaired) electrons. The molecule has 2 unspecified atom stereocenters. The Morgan fingerprint density at radius 2 is 0.812 bits per heavy atom. The first-order valence-electron chi connectivity index (χ1n) is 21.7. The number of hydrogen-bond donors (Lipinski definition) is 2. The molecular weight excluding hydrogens is 594 g/mol. The molecule has 0 spiro atoms. The van der Waals surface area contributed by atoms with Crippen LogP contribution in [0.3, 0.4) is 0 Å². The van der Waals surface area contributed by atoms with E-state index in [1.54, 1.807) is 0 Å². The Labute approximate surface area is 300 Å². The number of carbonyl (C=O) groups excluding carboxylic acids is 2. The number of nitrogens with one attached hydrogen (secondary N) is 1. The highest BCUT2D eigenvalue weighted by atomic mass is 16.5. The van der Waals surface area contributed by atoms with Crippen molar-refractivity contribution in [3.63, 3.8) is 0 Å². The summed E-state index contributed by atoms with van der Waals surface area (Å²) in [6.45, 7) is 6.66. The quantitative estimate of drug-likeness (QED) is 0.0501. The second kappa shape index (κ2) is 38.7. The molecule has 0 fully saturated rings. The maximum absolute atomic E-state index is 12.8. The summed E-state index contributed by atoms with van der Waals surface area (Å²) >= 11 is 0. The molecule has 5 nitrogen and oxygen atoms in total. The number of amides is 1. The predicted molar refractivity (Wildman–Crippen MR) is 208 cm³/mol. The van der Waals surface area contributed by atoms with Crippen LogP contribution in [0, 0.1) is 0 Å². The van der Waals surface area contributed by atoms with E-state index in [0.29, 0.717) is 19.3 Å². The monoisotopic (exact) mass is 680 g/mol. The first-order chi connectivity index (χ1) is 23.6. The molecule has 2 atom stereocenters. The van der Waals surface area contributed by atoms with E-state index < -0.39 is 0 Å². The van der Waals surface area contributed by atoms with Gasteiger partial charge in [0.25, 0.3) is 0 Å². The molecule has 2 N–H and O–H groups in total. The average Bonchev–Trinajstić information content (AvgIpc) is 3.08. The number of carbonyl (C=O) groups is 2. The van der Waals surface area contributed by atoms with Crippen LogP contribution < -0.4 is 5.32 Å². The fourth-order valence-corrected chi connectivity index (χ4v) is 6.83. The van der Waals surface area contributed by atoms with E-state index in [-0.39, 0.29) is 30.6 Å². The van der Waals surface area contributed by atoms with Gasteiger partial charge in [0, 0.05) is 19.3 Å². The van der Waals surface area contributed by atoms with Crippen molar-refractivity contribution in [1.29, 1.82) is 0 Å². The molecule has 0 saturated heterocycles. The lowest BCUT2D eigenvalue weighted by atomic mass is 10.0. The largest absolute Gasteiger partial charge is 0.462 e. The van der Waals surface area contributed by atoms with Gasteiger partial charge in [0.15, 0.2) is 0 Å². The van der Waals surface area contributed by atoms with Gasteiger partial charge in [0.2, 0.25) is 5.91 Å². The van der Waals surface area contributed by atoms with E-state index in [1.807, 2.05) is 0 Å². The van der Waals surface area contributed by atoms with Gasteiger partial charge in [-0.25, -0.2) is 0 Å². The highest BCUT2D eigenvalue weighted by Gasteiger charge is 2.21. The highest BCUT2D eigenvalue weighted by Crippen LogP contribution is 2.18. The number of esters is 1. The molecule has 0 aliphatic heterocycles. The van der Waals surface area contributed by atoms with Gasteiger partial charge >= 0.3 is 5.97 Å². The minimum Gasteiger partial charge on any atom is -0.462 e. The summed E-state index contributed by atoms with van der Waals surface area (Å²) in [7, 11) is 0. The number of unbranched alkanes of at least 4 members (excludes halogenated alkanes) is 28. The molecule has 0 aliphatic carbocycles. The van der Waals surface area contributed by atoms with Crippen LogP contribution in [0.15, 0.2) is 0 Å². The topological polar surface area (TPSA) is 75.6 Å². The molecule has 0 heterocycles. The molecule has 0 aromatic rings. The summed E-state index contributed by atoms with van der Waals surface area (Å²) in [6.07, 6.45) is 41.1. The highest BCUT2D eigenvalue weighted by molar-refractivity contribution is 5.76. The number of aliphatic hydroxyl groups excluding tert-OH is 1. The van der Waals surface area contributed by atoms with Crippen molar-refractivity contribution in [1.82, 2.24) is 5.32 Å². The first-order valence-corrected chi connectivity index (χ1v) is 21.7. The summed E-state index contributed by atoms with van der Waals surface area (Å²) in [4.78, 5) is 25.5. The Morgan fingerprint density at radius 1 is 0.479 bits per heavy atom. The van der Waals surface area contributed by atoms with Gasteiger partial charge in [0.05, 0.1) is 12.6 Å². The first kappa shape index (κ1) is 46.9. The summed E-state index contributed by atoms with van der Waals surface area (Å²) in [5.74, 6) is -0.103. The Bertz CT molecular complexity index is 669. The maximum Gasteiger partial charge on any atom is 0.306 e. The molecule has 0 bridgehead atoms. The van der Waals surface area contributed by atoms with Crippen molar-refractivity contribution in [3.8, 4) is 0 Å². The standard InChI is InChI=1S/C43H85NO4/c1-4-7-10-13-16-19-21-23-25-28-31-34-37-43(47)48-41(35-32-29-26-18-15-12-9-6-3)38-40(39-45)44-42(46)36-33-30-27-24-22-20-17-14-11-8-5-2/h40-41,45H,4-39H2,1-3H3,(H,44,46). The summed E-state index contributed by atoms with van der Waals surface area (Å²) < 4.78 is 6.00. The normalized spacial score (nSPS) is 12.7. The Hall–Kier alpha value is -1.10. The van der Waals surface area contributed by atoms with E-state index in [0.717, 1.165) is 44.9 Å². The van der Waals surface area contributed by atoms with Crippen molar-refractivity contribution in [2.24, 2.45) is 0 Å². The van der Waals surface area contributed by atoms with Crippen molar-refractivity contribution in [2.45, 2.75) is 258 Å². The summed E-state index contributed by atoms with van der Waals surface area (Å²) in [5.41, 5.74) is 0. The predicted octanol–water partition coefficient (Wildman–Crippen LogP) is 13.1. The molecule has 5 heteroatoms. The number of hydrogen-bond acceptors (Lipinski definition) is 4. The molecule has 0 aromatic carbocycles. The maximum atomic E-state index is 12.8. The van der Waals surface area contributed by atoms with Crippen LogP contribution in [0.25, 0.3) is 0 Å². The number of aliphatic hydroxyl groups is 1. The van der Waals surface area contributed by atoms with Gasteiger partial charge in [0.1, 0.15) is 6.10 Å². The van der Waals surface area contributed by atoms with Gasteiger partial charge in [-0.15, -0.1) is 0 Å². The lowest BCUT2D eigenvalue weighted by Gasteiger charge is -2.24. The van der Waals surface area contributed by atoms with Gasteiger partial charge in [-0.2, -0.15) is 0 Å². The second-order valence-corrected chi connectivity index (χ2v) is 15.0. The molecule has 1 amide bonds. The molecule has 48 heavy (non-hydrogen) atoms. The van der Waals surface area contributed by atoms with Crippen molar-refractivity contribution >= 4 is 11.9 Å². The lowest BCUT2D eigenvalue weighted by molar-refractivity contribution is -0.150. The molecule has 0 saturated carbocycles. The summed E-state index contributed by atoms with van der Waals surface area (Å²) in [5, 5.41) is 13.2. The van der Waals surface area contributed by atoms with Gasteiger partial charge in [-0.3, -0.25) is 9.59 Å². The zero-order chi connectivity index (χ0) is 35.2. The second-order valence-electron chi connectivity index (χ2n) is 15.0. The number of rotatable bonds is 39. The van der Waals surface area contributed by atoms with Crippen molar-refractivity contribution in [2.75, 3.05) is 6.61 Å². The van der Waals surface area contributed by atoms with Crippen LogP contribution in [0.1, 0.15) is 245 Å². The summed E-state index contributed by atoms with van der Waals surface area (Å²) in [6, 6.07) is -0.358. The Morgan fingerprint density at radius 3 is 1.19 bits per heavy atom. The average molecular weight is 680 g/mol. The smallest absolute Gasteiger partial charge is 0.306 e. The van der Waals surface area contributed by atoms with Crippen LogP contribution in [0.2, 0.25) is 0 Å². The minimum absolute atomic E-state index is 0.0126. The molecular formula is C43H85NO4. The third-order valence-corrected chi connectivity index (χ3v) is 10.1. The fourth-order valence-electron chi connectivity index (χ4n) is 6.83. The van der Waals surface area contributed by atoms with Gasteiger partial charge in [-0.1, -0.05) is 201 Å². The molecule has 0 aromatic heterocycles. The van der Waals surface area contributed by atoms with Gasteiger partial charge in [-0.05, 0) is 25.7 Å². The van der Waals surface area contributed by atoms with E-state index in [2.05, 4.69) is 26.1 Å². The number of ether oxygens (including phenoxy) is 1. The van der Waals surface area contributed by atoms with E-state index in [4.69, 9.17) is 4.74 Å². The van der Waals surface area contributed by atoms with E-state index >= 15 is 0 Å².